The van der Waals surface area contributed by atoms with Crippen LogP contribution in [0, 0.1) is 0 Å². The van der Waals surface area contributed by atoms with Crippen LogP contribution in [0.4, 0.5) is 0 Å². The third-order valence-corrected chi connectivity index (χ3v) is 4.77. The highest BCUT2D eigenvalue weighted by atomic mass is 16.5. The van der Waals surface area contributed by atoms with Crippen molar-refractivity contribution in [3.8, 4) is 22.9 Å². The van der Waals surface area contributed by atoms with Crippen LogP contribution in [0.5, 0.6) is 11.6 Å². The van der Waals surface area contributed by atoms with E-state index in [-0.39, 0.29) is 0 Å². The first-order chi connectivity index (χ1) is 14.3. The number of benzene rings is 2. The second-order valence-electron chi connectivity index (χ2n) is 7.17. The molecule has 0 radical (unpaired) electrons. The molecule has 4 nitrogen and oxygen atoms in total. The summed E-state index contributed by atoms with van der Waals surface area (Å²) >= 11 is 0. The van der Waals surface area contributed by atoms with Gasteiger partial charge in [0, 0.05) is 5.56 Å². The van der Waals surface area contributed by atoms with Gasteiger partial charge in [-0.3, -0.25) is 0 Å². The molecule has 0 aliphatic carbocycles. The first-order valence-corrected chi connectivity index (χ1v) is 10.5. The largest absolute Gasteiger partial charge is 0.494 e. The molecule has 0 spiro atoms. The van der Waals surface area contributed by atoms with Gasteiger partial charge >= 0.3 is 0 Å². The minimum atomic E-state index is 0.492. The van der Waals surface area contributed by atoms with Crippen molar-refractivity contribution in [1.29, 1.82) is 0 Å². The van der Waals surface area contributed by atoms with Gasteiger partial charge in [0.25, 0.3) is 0 Å². The fourth-order valence-electron chi connectivity index (χ4n) is 2.94. The van der Waals surface area contributed by atoms with Gasteiger partial charge in [-0.1, -0.05) is 51.0 Å². The summed E-state index contributed by atoms with van der Waals surface area (Å²) < 4.78 is 11.5. The van der Waals surface area contributed by atoms with E-state index in [4.69, 9.17) is 9.47 Å². The average Bonchev–Trinajstić information content (AvgIpc) is 2.78. The molecule has 0 saturated heterocycles. The van der Waals surface area contributed by atoms with Crippen molar-refractivity contribution in [2.75, 3.05) is 6.61 Å². The van der Waals surface area contributed by atoms with Gasteiger partial charge in [-0.15, -0.1) is 0 Å². The lowest BCUT2D eigenvalue weighted by Gasteiger charge is -2.08. The maximum atomic E-state index is 5.78. The van der Waals surface area contributed by atoms with Gasteiger partial charge in [-0.05, 0) is 54.7 Å². The Morgan fingerprint density at radius 2 is 1.45 bits per heavy atom. The van der Waals surface area contributed by atoms with Gasteiger partial charge in [-0.2, -0.15) is 0 Å². The SMILES string of the molecule is CCCCOc1ccc(-c2cnc(OCc3ccc(CCCC)cc3)cn2)cc1. The summed E-state index contributed by atoms with van der Waals surface area (Å²) in [5.74, 6) is 1.42. The molecule has 0 amide bonds. The summed E-state index contributed by atoms with van der Waals surface area (Å²) in [6, 6.07) is 16.6. The van der Waals surface area contributed by atoms with Crippen molar-refractivity contribution in [1.82, 2.24) is 9.97 Å². The Bertz CT molecular complexity index is 844. The summed E-state index contributed by atoms with van der Waals surface area (Å²) in [6.07, 6.45) is 9.20. The smallest absolute Gasteiger partial charge is 0.232 e. The molecule has 0 aliphatic rings. The van der Waals surface area contributed by atoms with Crippen molar-refractivity contribution in [2.45, 2.75) is 52.6 Å². The monoisotopic (exact) mass is 390 g/mol. The van der Waals surface area contributed by atoms with Crippen LogP contribution in [0.15, 0.2) is 60.9 Å². The highest BCUT2D eigenvalue weighted by Gasteiger charge is 2.04. The Balaban J connectivity index is 1.52. The lowest BCUT2D eigenvalue weighted by Crippen LogP contribution is -1.99. The van der Waals surface area contributed by atoms with E-state index in [0.717, 1.165) is 48.4 Å². The molecule has 29 heavy (non-hydrogen) atoms. The van der Waals surface area contributed by atoms with E-state index < -0.39 is 0 Å². The minimum Gasteiger partial charge on any atom is -0.494 e. The number of aryl methyl sites for hydroxylation is 1. The zero-order chi connectivity index (χ0) is 20.3. The summed E-state index contributed by atoms with van der Waals surface area (Å²) in [4.78, 5) is 8.88. The molecule has 0 aliphatic heterocycles. The van der Waals surface area contributed by atoms with Crippen LogP contribution < -0.4 is 9.47 Å². The molecule has 0 fully saturated rings. The van der Waals surface area contributed by atoms with E-state index in [9.17, 15) is 0 Å². The number of nitrogens with zero attached hydrogens (tertiary/aromatic N) is 2. The normalized spacial score (nSPS) is 10.7. The number of ether oxygens (including phenoxy) is 2. The Labute approximate surface area is 173 Å². The molecule has 152 valence electrons. The molecule has 0 N–H and O–H groups in total. The van der Waals surface area contributed by atoms with Crippen LogP contribution in [0.2, 0.25) is 0 Å². The standard InChI is InChI=1S/C25H30N2O2/c1-3-5-7-20-8-10-21(11-9-20)19-29-25-18-26-24(17-27-25)22-12-14-23(15-13-22)28-16-6-4-2/h8-15,17-18H,3-7,16,19H2,1-2H3. The van der Waals surface area contributed by atoms with E-state index in [0.29, 0.717) is 12.5 Å². The third kappa shape index (κ3) is 6.60. The molecule has 3 rings (SSSR count). The van der Waals surface area contributed by atoms with Gasteiger partial charge in [0.1, 0.15) is 12.4 Å². The second kappa shape index (κ2) is 11.2. The van der Waals surface area contributed by atoms with E-state index >= 15 is 0 Å². The molecule has 0 bridgehead atoms. The van der Waals surface area contributed by atoms with Crippen molar-refractivity contribution in [3.63, 3.8) is 0 Å². The Kier molecular flexibility index (Phi) is 8.05. The highest BCUT2D eigenvalue weighted by Crippen LogP contribution is 2.21. The van der Waals surface area contributed by atoms with Gasteiger partial charge in [0.05, 0.1) is 24.7 Å². The maximum Gasteiger partial charge on any atom is 0.232 e. The van der Waals surface area contributed by atoms with Crippen molar-refractivity contribution in [2.24, 2.45) is 0 Å². The molecule has 4 heteroatoms. The van der Waals surface area contributed by atoms with E-state index in [1.165, 1.54) is 18.4 Å². The zero-order valence-corrected chi connectivity index (χ0v) is 17.4. The van der Waals surface area contributed by atoms with E-state index in [2.05, 4.69) is 48.1 Å². The van der Waals surface area contributed by atoms with Crippen LogP contribution >= 0.6 is 0 Å². The number of hydrogen-bond acceptors (Lipinski definition) is 4. The number of unbranched alkanes of at least 4 members (excludes halogenated alkanes) is 2. The first kappa shape index (κ1) is 20.8. The summed E-state index contributed by atoms with van der Waals surface area (Å²) in [5, 5.41) is 0. The van der Waals surface area contributed by atoms with Crippen molar-refractivity contribution in [3.05, 3.63) is 72.1 Å². The fourth-order valence-corrected chi connectivity index (χ4v) is 2.94. The lowest BCUT2D eigenvalue weighted by molar-refractivity contribution is 0.292. The molecule has 0 saturated carbocycles. The number of hydrogen-bond donors (Lipinski definition) is 0. The number of aromatic nitrogens is 2. The molecule has 3 aromatic rings. The molecule has 0 atom stereocenters. The molecular formula is C25H30N2O2. The number of rotatable bonds is 11. The van der Waals surface area contributed by atoms with Gasteiger partial charge in [0.15, 0.2) is 0 Å². The highest BCUT2D eigenvalue weighted by molar-refractivity contribution is 5.59. The van der Waals surface area contributed by atoms with Crippen LogP contribution in [-0.4, -0.2) is 16.6 Å². The van der Waals surface area contributed by atoms with Gasteiger partial charge in [-0.25, -0.2) is 9.97 Å². The van der Waals surface area contributed by atoms with Crippen LogP contribution in [-0.2, 0) is 13.0 Å². The quantitative estimate of drug-likeness (QED) is 0.363. The second-order valence-corrected chi connectivity index (χ2v) is 7.17. The fraction of sp³-hybridized carbons (Fsp3) is 0.360. The molecular weight excluding hydrogens is 360 g/mol. The lowest BCUT2D eigenvalue weighted by atomic mass is 10.1. The van der Waals surface area contributed by atoms with Crippen LogP contribution in [0.25, 0.3) is 11.3 Å². The van der Waals surface area contributed by atoms with E-state index in [1.54, 1.807) is 12.4 Å². The zero-order valence-electron chi connectivity index (χ0n) is 17.4. The molecule has 1 aromatic heterocycles. The Morgan fingerprint density at radius 1 is 0.724 bits per heavy atom. The van der Waals surface area contributed by atoms with Crippen molar-refractivity contribution >= 4 is 0 Å². The van der Waals surface area contributed by atoms with Crippen molar-refractivity contribution < 1.29 is 9.47 Å². The van der Waals surface area contributed by atoms with E-state index in [1.807, 2.05) is 24.3 Å². The molecule has 1 heterocycles. The molecule has 0 unspecified atom stereocenters. The van der Waals surface area contributed by atoms with Gasteiger partial charge < -0.3 is 9.47 Å². The van der Waals surface area contributed by atoms with Gasteiger partial charge in [0.2, 0.25) is 5.88 Å². The minimum absolute atomic E-state index is 0.492. The molecule has 2 aromatic carbocycles. The summed E-state index contributed by atoms with van der Waals surface area (Å²) in [6.45, 7) is 5.62. The van der Waals surface area contributed by atoms with Crippen LogP contribution in [0.3, 0.4) is 0 Å². The van der Waals surface area contributed by atoms with Crippen LogP contribution in [0.1, 0.15) is 50.7 Å². The summed E-state index contributed by atoms with van der Waals surface area (Å²) in [7, 11) is 0. The first-order valence-electron chi connectivity index (χ1n) is 10.5. The maximum absolute atomic E-state index is 5.78. The predicted octanol–water partition coefficient (Wildman–Crippen LogP) is 6.24. The third-order valence-electron chi connectivity index (χ3n) is 4.77. The Hall–Kier alpha value is -2.88. The average molecular weight is 391 g/mol. The Morgan fingerprint density at radius 3 is 2.10 bits per heavy atom. The topological polar surface area (TPSA) is 44.2 Å². The predicted molar refractivity (Wildman–Crippen MR) is 117 cm³/mol. The summed E-state index contributed by atoms with van der Waals surface area (Å²) in [5.41, 5.74) is 4.34.